The third-order valence-electron chi connectivity index (χ3n) is 7.27. The summed E-state index contributed by atoms with van der Waals surface area (Å²) in [5, 5.41) is 7.76. The third-order valence-corrected chi connectivity index (χ3v) is 9.52. The van der Waals surface area contributed by atoms with Crippen molar-refractivity contribution in [3.8, 4) is 0 Å². The number of carboxylic acids is 1. The molecule has 0 atom stereocenters. The first kappa shape index (κ1) is 33.4. The molecule has 3 fully saturated rings. The number of ether oxygens (including phenoxy) is 1. The molecule has 0 spiro atoms. The van der Waals surface area contributed by atoms with Crippen LogP contribution in [0.15, 0.2) is 30.3 Å². The van der Waals surface area contributed by atoms with Crippen LogP contribution in [0.3, 0.4) is 0 Å². The molecule has 1 heterocycles. The number of carboxylic acid groups (broad SMARTS) is 1. The molecular weight excluding hydrogens is 639 g/mol. The van der Waals surface area contributed by atoms with Crippen LogP contribution in [-0.4, -0.2) is 60.9 Å². The van der Waals surface area contributed by atoms with E-state index in [2.05, 4.69) is 9.62 Å². The van der Waals surface area contributed by atoms with E-state index in [1.165, 1.54) is 6.07 Å². The van der Waals surface area contributed by atoms with E-state index in [-0.39, 0.29) is 17.6 Å². The summed E-state index contributed by atoms with van der Waals surface area (Å²) in [6, 6.07) is 8.37. The van der Waals surface area contributed by atoms with Gasteiger partial charge in [0.15, 0.2) is 0 Å². The van der Waals surface area contributed by atoms with Crippen molar-refractivity contribution in [1.29, 1.82) is 0 Å². The van der Waals surface area contributed by atoms with E-state index < -0.39 is 39.1 Å². The Morgan fingerprint density at radius 3 is 2.07 bits per heavy atom. The van der Waals surface area contributed by atoms with E-state index in [0.29, 0.717) is 36.0 Å². The lowest BCUT2D eigenvalue weighted by molar-refractivity contribution is -0.192. The summed E-state index contributed by atoms with van der Waals surface area (Å²) in [4.78, 5) is 23.7. The number of carbonyl (C=O) groups excluding carboxylic acids is 1. The van der Waals surface area contributed by atoms with Gasteiger partial charge in [-0.15, -0.1) is 0 Å². The van der Waals surface area contributed by atoms with E-state index >= 15 is 0 Å². The molecular formula is C28H30Cl2F4N2O6S. The Labute approximate surface area is 256 Å². The fourth-order valence-corrected chi connectivity index (χ4v) is 6.61. The zero-order chi connectivity index (χ0) is 31.5. The summed E-state index contributed by atoms with van der Waals surface area (Å²) < 4.78 is 79.1. The molecule has 0 radical (unpaired) electrons. The maximum absolute atomic E-state index is 15.0. The molecule has 3 aliphatic rings. The highest BCUT2D eigenvalue weighted by Crippen LogP contribution is 2.43. The van der Waals surface area contributed by atoms with Crippen LogP contribution in [-0.2, 0) is 32.7 Å². The van der Waals surface area contributed by atoms with Gasteiger partial charge in [-0.3, -0.25) is 9.69 Å². The molecule has 2 saturated carbocycles. The van der Waals surface area contributed by atoms with Crippen LogP contribution in [0.2, 0.25) is 10.0 Å². The van der Waals surface area contributed by atoms with Gasteiger partial charge in [0.25, 0.3) is 5.91 Å². The van der Waals surface area contributed by atoms with E-state index in [0.717, 1.165) is 55.5 Å². The fraction of sp³-hybridized carbons (Fsp3) is 0.500. The average molecular weight is 670 g/mol. The molecule has 0 bridgehead atoms. The van der Waals surface area contributed by atoms with Crippen molar-refractivity contribution < 1.29 is 45.4 Å². The fourth-order valence-electron chi connectivity index (χ4n) is 4.75. The summed E-state index contributed by atoms with van der Waals surface area (Å²) in [6.07, 6.45) is -0.197. The number of piperidine rings is 1. The lowest BCUT2D eigenvalue weighted by Crippen LogP contribution is -2.37. The molecule has 1 saturated heterocycles. The molecule has 0 aromatic heterocycles. The monoisotopic (exact) mass is 668 g/mol. The van der Waals surface area contributed by atoms with Gasteiger partial charge in [-0.05, 0) is 91.5 Å². The van der Waals surface area contributed by atoms with Crippen LogP contribution >= 0.6 is 23.2 Å². The van der Waals surface area contributed by atoms with Crippen LogP contribution in [0.25, 0.3) is 0 Å². The first-order valence-electron chi connectivity index (χ1n) is 13.6. The van der Waals surface area contributed by atoms with Crippen LogP contribution in [0.5, 0.6) is 0 Å². The lowest BCUT2D eigenvalue weighted by atomic mass is 9.97. The maximum Gasteiger partial charge on any atom is 0.490 e. The Bertz CT molecular complexity index is 1440. The molecule has 2 aromatic carbocycles. The Kier molecular flexibility index (Phi) is 10.6. The van der Waals surface area contributed by atoms with Crippen molar-refractivity contribution >= 4 is 45.1 Å². The molecule has 1 amide bonds. The van der Waals surface area contributed by atoms with Gasteiger partial charge in [0.05, 0.1) is 23.5 Å². The van der Waals surface area contributed by atoms with Crippen LogP contribution in [0, 0.1) is 5.82 Å². The largest absolute Gasteiger partial charge is 0.490 e. The third kappa shape index (κ3) is 9.77. The number of nitrogens with one attached hydrogen (secondary N) is 1. The average Bonchev–Trinajstić information content (AvgIpc) is 3.80. The number of likely N-dealkylation sites (tertiary alicyclic amines) is 1. The zero-order valence-electron chi connectivity index (χ0n) is 22.8. The second-order valence-electron chi connectivity index (χ2n) is 10.8. The second kappa shape index (κ2) is 13.7. The summed E-state index contributed by atoms with van der Waals surface area (Å²) in [5.74, 6) is -4.03. The predicted molar refractivity (Wildman–Crippen MR) is 151 cm³/mol. The van der Waals surface area contributed by atoms with Crippen molar-refractivity contribution in [2.75, 3.05) is 13.1 Å². The zero-order valence-corrected chi connectivity index (χ0v) is 25.1. The van der Waals surface area contributed by atoms with Gasteiger partial charge in [-0.1, -0.05) is 23.2 Å². The number of rotatable bonds is 9. The Morgan fingerprint density at radius 2 is 1.56 bits per heavy atom. The SMILES string of the molecule is O=C(NS(=O)(=O)C1CC1)c1cc(C2CC2)c(CN2CCC(OCc3cc(Cl)cc(Cl)c3)CC2)cc1F.O=C(O)C(F)(F)F. The Balaban J connectivity index is 0.000000541. The Hall–Kier alpha value is -2.45. The molecule has 1 aliphatic heterocycles. The molecule has 0 unspecified atom stereocenters. The van der Waals surface area contributed by atoms with Crippen molar-refractivity contribution in [2.45, 2.75) is 75.1 Å². The van der Waals surface area contributed by atoms with Crippen LogP contribution in [0.4, 0.5) is 17.6 Å². The molecule has 2 aliphatic carbocycles. The first-order valence-corrected chi connectivity index (χ1v) is 15.9. The van der Waals surface area contributed by atoms with Gasteiger partial charge >= 0.3 is 12.1 Å². The minimum atomic E-state index is -5.08. The van der Waals surface area contributed by atoms with Crippen LogP contribution in [0.1, 0.15) is 71.5 Å². The summed E-state index contributed by atoms with van der Waals surface area (Å²) in [6.45, 7) is 2.66. The van der Waals surface area contributed by atoms with E-state index in [1.807, 2.05) is 12.1 Å². The van der Waals surface area contributed by atoms with Gasteiger partial charge in [0.2, 0.25) is 10.0 Å². The van der Waals surface area contributed by atoms with Crippen molar-refractivity contribution in [3.63, 3.8) is 0 Å². The van der Waals surface area contributed by atoms with Crippen molar-refractivity contribution in [1.82, 2.24) is 9.62 Å². The van der Waals surface area contributed by atoms with Crippen molar-refractivity contribution in [3.05, 3.63) is 68.4 Å². The second-order valence-corrected chi connectivity index (χ2v) is 13.7. The molecule has 2 aromatic rings. The number of carbonyl (C=O) groups is 2. The topological polar surface area (TPSA) is 113 Å². The molecule has 8 nitrogen and oxygen atoms in total. The quantitative estimate of drug-likeness (QED) is 0.313. The number of sulfonamides is 1. The highest BCUT2D eigenvalue weighted by molar-refractivity contribution is 7.91. The maximum atomic E-state index is 15.0. The smallest absolute Gasteiger partial charge is 0.475 e. The predicted octanol–water partition coefficient (Wildman–Crippen LogP) is 6.05. The number of hydrogen-bond donors (Lipinski definition) is 2. The molecule has 236 valence electrons. The van der Waals surface area contributed by atoms with E-state index in [9.17, 15) is 30.8 Å². The van der Waals surface area contributed by atoms with Gasteiger partial charge in [0.1, 0.15) is 5.82 Å². The van der Waals surface area contributed by atoms with Gasteiger partial charge in [-0.2, -0.15) is 13.2 Å². The first-order chi connectivity index (χ1) is 20.1. The standard InChI is InChI=1S/C26H29Cl2FN2O4S.C2HF3O2/c27-19-9-16(10-20(28)12-19)15-35-21-5-7-31(8-6-21)14-18-11-25(29)24(13-23(18)17-1-2-17)26(32)30-36(33,34)22-3-4-22;3-2(4,5)1(6)7/h9-13,17,21-22H,1-8,14-15H2,(H,30,32);(H,6,7). The van der Waals surface area contributed by atoms with Gasteiger partial charge in [-0.25, -0.2) is 22.3 Å². The number of hydrogen-bond acceptors (Lipinski definition) is 6. The van der Waals surface area contributed by atoms with Gasteiger partial charge in [0, 0.05) is 29.7 Å². The normalized spacial score (nSPS) is 18.1. The highest BCUT2D eigenvalue weighted by Gasteiger charge is 2.39. The summed E-state index contributed by atoms with van der Waals surface area (Å²) in [7, 11) is -3.73. The summed E-state index contributed by atoms with van der Waals surface area (Å²) >= 11 is 12.1. The van der Waals surface area contributed by atoms with Crippen LogP contribution < -0.4 is 4.72 Å². The van der Waals surface area contributed by atoms with Gasteiger partial charge < -0.3 is 9.84 Å². The number of aliphatic carboxylic acids is 1. The number of alkyl halides is 3. The highest BCUT2D eigenvalue weighted by atomic mass is 35.5. The number of halogens is 6. The number of nitrogens with zero attached hydrogens (tertiary/aromatic N) is 1. The number of amides is 1. The molecule has 5 rings (SSSR count). The van der Waals surface area contributed by atoms with Crippen molar-refractivity contribution in [2.24, 2.45) is 0 Å². The molecule has 15 heteroatoms. The number of benzene rings is 2. The lowest BCUT2D eigenvalue weighted by Gasteiger charge is -2.32. The minimum absolute atomic E-state index is 0.123. The molecule has 2 N–H and O–H groups in total. The van der Waals surface area contributed by atoms with E-state index in [4.69, 9.17) is 37.8 Å². The molecule has 43 heavy (non-hydrogen) atoms. The Morgan fingerprint density at radius 1 is 0.977 bits per heavy atom. The summed E-state index contributed by atoms with van der Waals surface area (Å²) in [5.41, 5.74) is 2.55. The minimum Gasteiger partial charge on any atom is -0.475 e. The van der Waals surface area contributed by atoms with E-state index in [1.54, 1.807) is 12.1 Å².